The van der Waals surface area contributed by atoms with Crippen LogP contribution in [0.4, 0.5) is 0 Å². The molecule has 0 fully saturated rings. The molecule has 0 aromatic carbocycles. The van der Waals surface area contributed by atoms with Crippen LogP contribution < -0.4 is 11.1 Å². The fraction of sp³-hybridized carbons (Fsp3) is 0.857. The minimum Gasteiger partial charge on any atom is -0.386 e. The van der Waals surface area contributed by atoms with E-state index in [1.165, 1.54) is 0 Å². The third-order valence-electron chi connectivity index (χ3n) is 1.09. The van der Waals surface area contributed by atoms with Crippen molar-refractivity contribution >= 4 is 5.84 Å². The number of nitrogens with two attached hydrogens (primary N) is 1. The monoisotopic (exact) mass is 143 g/mol. The summed E-state index contributed by atoms with van der Waals surface area (Å²) in [5.41, 5.74) is 5.59. The Kier molecular flexibility index (Phi) is 3.36. The third-order valence-corrected chi connectivity index (χ3v) is 1.09. The highest BCUT2D eigenvalue weighted by molar-refractivity contribution is 5.82. The number of amidine groups is 1. The van der Waals surface area contributed by atoms with Gasteiger partial charge < -0.3 is 11.1 Å². The van der Waals surface area contributed by atoms with E-state index in [2.05, 4.69) is 31.1 Å². The van der Waals surface area contributed by atoms with Crippen molar-refractivity contribution in [3.8, 4) is 0 Å². The average molecular weight is 143 g/mol. The van der Waals surface area contributed by atoms with Gasteiger partial charge in [-0.25, -0.2) is 0 Å². The highest BCUT2D eigenvalue weighted by Crippen LogP contribution is 1.96. The van der Waals surface area contributed by atoms with E-state index in [0.717, 1.165) is 0 Å². The normalized spacial score (nSPS) is 13.8. The molecule has 0 atom stereocenters. The second-order valence-corrected chi connectivity index (χ2v) is 3.32. The summed E-state index contributed by atoms with van der Waals surface area (Å²) in [4.78, 5) is 3.82. The predicted octanol–water partition coefficient (Wildman–Crippen LogP) is 0.361. The molecule has 0 aliphatic heterocycles. The van der Waals surface area contributed by atoms with E-state index in [1.54, 1.807) is 7.05 Å². The SMILES string of the molecule is C/N=C(\N)CNC(C)(C)C. The number of nitrogens with zero attached hydrogens (tertiary/aromatic N) is 1. The van der Waals surface area contributed by atoms with Crippen molar-refractivity contribution in [3.05, 3.63) is 0 Å². The molecular weight excluding hydrogens is 126 g/mol. The summed E-state index contributed by atoms with van der Waals surface area (Å²) in [7, 11) is 1.69. The van der Waals surface area contributed by atoms with Gasteiger partial charge in [0.15, 0.2) is 0 Å². The van der Waals surface area contributed by atoms with E-state index in [-0.39, 0.29) is 5.54 Å². The number of hydrogen-bond acceptors (Lipinski definition) is 2. The molecule has 0 aliphatic carbocycles. The van der Waals surface area contributed by atoms with Gasteiger partial charge in [0.1, 0.15) is 5.84 Å². The Morgan fingerprint density at radius 1 is 1.50 bits per heavy atom. The second kappa shape index (κ2) is 3.56. The Hall–Kier alpha value is -0.570. The minimum absolute atomic E-state index is 0.120. The van der Waals surface area contributed by atoms with Gasteiger partial charge in [-0.15, -0.1) is 0 Å². The molecule has 0 spiro atoms. The highest BCUT2D eigenvalue weighted by Gasteiger charge is 2.07. The number of hydrogen-bond donors (Lipinski definition) is 2. The molecule has 0 aromatic heterocycles. The minimum atomic E-state index is 0.120. The zero-order valence-corrected chi connectivity index (χ0v) is 7.23. The van der Waals surface area contributed by atoms with Crippen LogP contribution in [0.15, 0.2) is 4.99 Å². The lowest BCUT2D eigenvalue weighted by atomic mass is 10.1. The third kappa shape index (κ3) is 5.56. The molecule has 0 bridgehead atoms. The molecule has 0 unspecified atom stereocenters. The second-order valence-electron chi connectivity index (χ2n) is 3.32. The van der Waals surface area contributed by atoms with Crippen LogP contribution in [0.3, 0.4) is 0 Å². The Balaban J connectivity index is 3.56. The molecule has 0 aromatic rings. The Morgan fingerprint density at radius 2 is 2.00 bits per heavy atom. The molecule has 3 N–H and O–H groups in total. The summed E-state index contributed by atoms with van der Waals surface area (Å²) >= 11 is 0. The largest absolute Gasteiger partial charge is 0.386 e. The summed E-state index contributed by atoms with van der Waals surface area (Å²) in [5, 5.41) is 3.22. The maximum absolute atomic E-state index is 5.47. The van der Waals surface area contributed by atoms with Crippen LogP contribution in [0.25, 0.3) is 0 Å². The molecule has 0 saturated carbocycles. The zero-order chi connectivity index (χ0) is 8.20. The smallest absolute Gasteiger partial charge is 0.107 e. The molecule has 3 heteroatoms. The van der Waals surface area contributed by atoms with Crippen LogP contribution in [0, 0.1) is 0 Å². The molecule has 60 valence electrons. The summed E-state index contributed by atoms with van der Waals surface area (Å²) < 4.78 is 0. The van der Waals surface area contributed by atoms with Crippen LogP contribution in [0.5, 0.6) is 0 Å². The van der Waals surface area contributed by atoms with Gasteiger partial charge in [-0.05, 0) is 20.8 Å². The average Bonchev–Trinajstić information content (AvgIpc) is 1.81. The molecule has 0 saturated heterocycles. The maximum atomic E-state index is 5.47. The maximum Gasteiger partial charge on any atom is 0.107 e. The van der Waals surface area contributed by atoms with Crippen molar-refractivity contribution in [1.29, 1.82) is 0 Å². The van der Waals surface area contributed by atoms with Crippen LogP contribution in [-0.4, -0.2) is 25.0 Å². The summed E-state index contributed by atoms with van der Waals surface area (Å²) in [6, 6.07) is 0. The van der Waals surface area contributed by atoms with Crippen molar-refractivity contribution in [1.82, 2.24) is 5.32 Å². The van der Waals surface area contributed by atoms with Gasteiger partial charge in [0, 0.05) is 12.6 Å². The standard InChI is InChI=1S/C7H17N3/c1-7(2,3)10-5-6(8)9-4/h10H,5H2,1-4H3,(H2,8,9). The molecule has 0 aliphatic rings. The van der Waals surface area contributed by atoms with Crippen LogP contribution in [-0.2, 0) is 0 Å². The summed E-state index contributed by atoms with van der Waals surface area (Å²) in [6.45, 7) is 6.95. The summed E-state index contributed by atoms with van der Waals surface area (Å²) in [5.74, 6) is 0.648. The lowest BCUT2D eigenvalue weighted by Crippen LogP contribution is -2.41. The van der Waals surface area contributed by atoms with E-state index >= 15 is 0 Å². The molecule has 0 radical (unpaired) electrons. The van der Waals surface area contributed by atoms with Gasteiger partial charge in [-0.2, -0.15) is 0 Å². The molecule has 0 heterocycles. The van der Waals surface area contributed by atoms with E-state index in [4.69, 9.17) is 5.73 Å². The van der Waals surface area contributed by atoms with E-state index in [1.807, 2.05) is 0 Å². The first kappa shape index (κ1) is 9.43. The van der Waals surface area contributed by atoms with Gasteiger partial charge in [0.25, 0.3) is 0 Å². The fourth-order valence-corrected chi connectivity index (χ4v) is 0.435. The predicted molar refractivity (Wildman–Crippen MR) is 45.3 cm³/mol. The lowest BCUT2D eigenvalue weighted by Gasteiger charge is -2.19. The molecule has 0 rings (SSSR count). The lowest BCUT2D eigenvalue weighted by molar-refractivity contribution is 0.454. The van der Waals surface area contributed by atoms with E-state index in [9.17, 15) is 0 Å². The number of nitrogens with one attached hydrogen (secondary N) is 1. The summed E-state index contributed by atoms with van der Waals surface area (Å²) in [6.07, 6.45) is 0. The molecule has 0 amide bonds. The van der Waals surface area contributed by atoms with Crippen molar-refractivity contribution in [2.75, 3.05) is 13.6 Å². The molecule has 10 heavy (non-hydrogen) atoms. The van der Waals surface area contributed by atoms with Crippen molar-refractivity contribution in [2.24, 2.45) is 10.7 Å². The number of aliphatic imine (C=N–C) groups is 1. The van der Waals surface area contributed by atoms with Crippen LogP contribution >= 0.6 is 0 Å². The fourth-order valence-electron chi connectivity index (χ4n) is 0.435. The van der Waals surface area contributed by atoms with Crippen LogP contribution in [0.2, 0.25) is 0 Å². The van der Waals surface area contributed by atoms with Gasteiger partial charge in [0.05, 0.1) is 6.54 Å². The zero-order valence-electron chi connectivity index (χ0n) is 7.23. The highest BCUT2D eigenvalue weighted by atomic mass is 15.0. The Bertz CT molecular complexity index is 121. The number of rotatable bonds is 2. The first-order valence-electron chi connectivity index (χ1n) is 3.42. The van der Waals surface area contributed by atoms with Gasteiger partial charge in [-0.3, -0.25) is 4.99 Å². The van der Waals surface area contributed by atoms with Gasteiger partial charge in [0.2, 0.25) is 0 Å². The Morgan fingerprint density at radius 3 is 2.30 bits per heavy atom. The van der Waals surface area contributed by atoms with Crippen molar-refractivity contribution < 1.29 is 0 Å². The van der Waals surface area contributed by atoms with Gasteiger partial charge >= 0.3 is 0 Å². The van der Waals surface area contributed by atoms with Gasteiger partial charge in [-0.1, -0.05) is 0 Å². The van der Waals surface area contributed by atoms with Crippen LogP contribution in [0.1, 0.15) is 20.8 Å². The van der Waals surface area contributed by atoms with Crippen molar-refractivity contribution in [2.45, 2.75) is 26.3 Å². The first-order valence-corrected chi connectivity index (χ1v) is 3.42. The molecular formula is C7H17N3. The quantitative estimate of drug-likeness (QED) is 0.433. The Labute approximate surface area is 62.7 Å². The first-order chi connectivity index (χ1) is 4.45. The van der Waals surface area contributed by atoms with E-state index in [0.29, 0.717) is 12.4 Å². The molecule has 3 nitrogen and oxygen atoms in total. The topological polar surface area (TPSA) is 50.4 Å². The van der Waals surface area contributed by atoms with Crippen molar-refractivity contribution in [3.63, 3.8) is 0 Å². The van der Waals surface area contributed by atoms with E-state index < -0.39 is 0 Å².